The van der Waals surface area contributed by atoms with E-state index in [9.17, 15) is 0 Å². The molecule has 11 aromatic rings. The second kappa shape index (κ2) is 10.1. The number of hydrogen-bond donors (Lipinski definition) is 0. The van der Waals surface area contributed by atoms with Crippen molar-refractivity contribution in [2.24, 2.45) is 0 Å². The molecule has 0 N–H and O–H groups in total. The molecule has 4 aromatic heterocycles. The molecule has 0 fully saturated rings. The van der Waals surface area contributed by atoms with Crippen molar-refractivity contribution in [3.05, 3.63) is 163 Å². The Balaban J connectivity index is 1.36. The van der Waals surface area contributed by atoms with E-state index in [1.165, 1.54) is 76.5 Å². The van der Waals surface area contributed by atoms with Crippen molar-refractivity contribution in [3.8, 4) is 34.2 Å². The van der Waals surface area contributed by atoms with Gasteiger partial charge >= 0.3 is 0 Å². The first kappa shape index (κ1) is 28.8. The molecule has 0 bridgehead atoms. The summed E-state index contributed by atoms with van der Waals surface area (Å²) in [7, 11) is 0. The minimum atomic E-state index is -0.365. The Kier molecular flexibility index (Phi) is 5.51. The highest BCUT2D eigenvalue weighted by Crippen LogP contribution is 2.54. The number of hydrogen-bond acceptors (Lipinski definition) is 3. The summed E-state index contributed by atoms with van der Waals surface area (Å²) in [6, 6.07) is 54.3. The molecule has 0 unspecified atom stereocenters. The number of nitrogens with zero attached hydrogens (tertiary/aromatic N) is 5. The van der Waals surface area contributed by atoms with Crippen LogP contribution in [0.25, 0.3) is 99.6 Å². The first-order chi connectivity index (χ1) is 26.1. The van der Waals surface area contributed by atoms with Gasteiger partial charge in [-0.05, 0) is 41.5 Å². The zero-order valence-electron chi connectivity index (χ0n) is 29.2. The van der Waals surface area contributed by atoms with Crippen LogP contribution in [0.15, 0.2) is 152 Å². The molecule has 5 nitrogen and oxygen atoms in total. The van der Waals surface area contributed by atoms with Gasteiger partial charge in [-0.2, -0.15) is 0 Å². The predicted octanol–water partition coefficient (Wildman–Crippen LogP) is 11.8. The van der Waals surface area contributed by atoms with Gasteiger partial charge in [-0.15, -0.1) is 0 Å². The van der Waals surface area contributed by atoms with Crippen LogP contribution in [0, 0.1) is 0 Å². The number of para-hydroxylation sites is 3. The van der Waals surface area contributed by atoms with Gasteiger partial charge in [0.25, 0.3) is 0 Å². The number of aromatic nitrogens is 5. The van der Waals surface area contributed by atoms with Gasteiger partial charge < -0.3 is 8.80 Å². The lowest BCUT2D eigenvalue weighted by Gasteiger charge is -2.25. The van der Waals surface area contributed by atoms with E-state index in [1.807, 2.05) is 36.4 Å². The Hall–Kier alpha value is -6.85. The van der Waals surface area contributed by atoms with E-state index < -0.39 is 0 Å². The van der Waals surface area contributed by atoms with E-state index >= 15 is 0 Å². The fraction of sp³-hybridized carbons (Fsp3) is 0.0625. The number of benzene rings is 7. The lowest BCUT2D eigenvalue weighted by molar-refractivity contribution is 0.663. The third kappa shape index (κ3) is 3.68. The smallest absolute Gasteiger partial charge is 0.164 e. The highest BCUT2D eigenvalue weighted by Gasteiger charge is 2.39. The Morgan fingerprint density at radius 1 is 0.415 bits per heavy atom. The SMILES string of the molecule is CC1(C)c2cccc3c2c2c1c(-c1nc(-c4ccccc4)nc(-c4ccccc4)n1)cc1c4ccccc4n(c4cccc5c6ccccc6n3c54)c12. The first-order valence-corrected chi connectivity index (χ1v) is 18.2. The van der Waals surface area contributed by atoms with E-state index in [2.05, 4.69) is 138 Å². The third-order valence-corrected chi connectivity index (χ3v) is 11.6. The average Bonchev–Trinajstić information content (AvgIpc) is 3.81. The summed E-state index contributed by atoms with van der Waals surface area (Å²) in [6.07, 6.45) is 0. The van der Waals surface area contributed by atoms with Gasteiger partial charge in [-0.1, -0.05) is 135 Å². The van der Waals surface area contributed by atoms with Crippen LogP contribution in [0.1, 0.15) is 25.0 Å². The van der Waals surface area contributed by atoms with Gasteiger partial charge in [-0.3, -0.25) is 0 Å². The first-order valence-electron chi connectivity index (χ1n) is 18.2. The molecule has 0 amide bonds. The minimum absolute atomic E-state index is 0.365. The molecule has 0 saturated heterocycles. The third-order valence-electron chi connectivity index (χ3n) is 11.6. The summed E-state index contributed by atoms with van der Waals surface area (Å²) in [4.78, 5) is 15.7. The van der Waals surface area contributed by atoms with Crippen LogP contribution < -0.4 is 0 Å². The van der Waals surface area contributed by atoms with Crippen LogP contribution in [0.3, 0.4) is 0 Å². The molecule has 12 rings (SSSR count). The van der Waals surface area contributed by atoms with Crippen molar-refractivity contribution in [2.45, 2.75) is 19.3 Å². The molecule has 1 aliphatic rings. The van der Waals surface area contributed by atoms with Crippen molar-refractivity contribution < 1.29 is 0 Å². The van der Waals surface area contributed by atoms with E-state index in [4.69, 9.17) is 15.0 Å². The monoisotopic (exact) mass is 677 g/mol. The summed E-state index contributed by atoms with van der Waals surface area (Å²) in [5.74, 6) is 2.01. The Morgan fingerprint density at radius 3 is 1.60 bits per heavy atom. The van der Waals surface area contributed by atoms with Crippen LogP contribution in [0.4, 0.5) is 0 Å². The van der Waals surface area contributed by atoms with E-state index in [0.717, 1.165) is 16.7 Å². The molecule has 5 heteroatoms. The van der Waals surface area contributed by atoms with Crippen molar-refractivity contribution in [2.75, 3.05) is 0 Å². The normalized spacial score (nSPS) is 13.6. The van der Waals surface area contributed by atoms with Crippen molar-refractivity contribution in [1.82, 2.24) is 23.8 Å². The fourth-order valence-electron chi connectivity index (χ4n) is 9.45. The largest absolute Gasteiger partial charge is 0.307 e. The van der Waals surface area contributed by atoms with E-state index in [-0.39, 0.29) is 5.41 Å². The zero-order valence-corrected chi connectivity index (χ0v) is 29.2. The van der Waals surface area contributed by atoms with E-state index in [0.29, 0.717) is 17.5 Å². The van der Waals surface area contributed by atoms with E-state index in [1.54, 1.807) is 0 Å². The molecular weight excluding hydrogens is 647 g/mol. The van der Waals surface area contributed by atoms with Gasteiger partial charge in [0, 0.05) is 54.4 Å². The highest BCUT2D eigenvalue weighted by atomic mass is 15.0. The van der Waals surface area contributed by atoms with Crippen LogP contribution in [-0.2, 0) is 5.41 Å². The predicted molar refractivity (Wildman–Crippen MR) is 218 cm³/mol. The lowest BCUT2D eigenvalue weighted by atomic mass is 9.79. The molecule has 53 heavy (non-hydrogen) atoms. The molecule has 1 aliphatic carbocycles. The van der Waals surface area contributed by atoms with Crippen LogP contribution in [-0.4, -0.2) is 23.8 Å². The van der Waals surface area contributed by atoms with Gasteiger partial charge in [0.15, 0.2) is 17.5 Å². The molecule has 0 atom stereocenters. The lowest BCUT2D eigenvalue weighted by Crippen LogP contribution is -2.17. The molecule has 0 radical (unpaired) electrons. The maximum atomic E-state index is 5.32. The maximum absolute atomic E-state index is 5.32. The summed E-state index contributed by atoms with van der Waals surface area (Å²) in [5, 5.41) is 7.45. The fourth-order valence-corrected chi connectivity index (χ4v) is 9.45. The van der Waals surface area contributed by atoms with Gasteiger partial charge in [-0.25, -0.2) is 15.0 Å². The number of fused-ring (bicyclic) bond motifs is 8. The molecule has 248 valence electrons. The molecule has 7 aromatic carbocycles. The Morgan fingerprint density at radius 2 is 0.925 bits per heavy atom. The van der Waals surface area contributed by atoms with Crippen LogP contribution in [0.2, 0.25) is 0 Å². The molecule has 0 aliphatic heterocycles. The van der Waals surface area contributed by atoms with Crippen LogP contribution in [0.5, 0.6) is 0 Å². The highest BCUT2D eigenvalue weighted by molar-refractivity contribution is 6.27. The Labute approximate surface area is 304 Å². The molecule has 4 heterocycles. The van der Waals surface area contributed by atoms with Crippen LogP contribution >= 0.6 is 0 Å². The summed E-state index contributed by atoms with van der Waals surface area (Å²) in [6.45, 7) is 4.74. The number of rotatable bonds is 3. The Bertz CT molecular complexity index is 3300. The topological polar surface area (TPSA) is 47.5 Å². The van der Waals surface area contributed by atoms with Crippen molar-refractivity contribution in [1.29, 1.82) is 0 Å². The van der Waals surface area contributed by atoms with Crippen molar-refractivity contribution in [3.63, 3.8) is 0 Å². The maximum Gasteiger partial charge on any atom is 0.164 e. The standard InChI is InChI=1S/C48H31N5/c1-48(2)35-22-14-25-38-40(35)41-42(48)34(47-50-45(28-15-5-3-6-16-28)49-46(51-47)29-17-7-4-8-18-29)27-33-31-20-10-12-24-37(31)53(44(33)41)39-26-13-21-32-30-19-9-11-23-36(30)52(38)43(32)39/h3-27H,1-2H3. The second-order valence-corrected chi connectivity index (χ2v) is 14.8. The average molecular weight is 678 g/mol. The molecule has 0 spiro atoms. The summed E-state index contributed by atoms with van der Waals surface area (Å²) in [5.41, 5.74) is 12.4. The summed E-state index contributed by atoms with van der Waals surface area (Å²) < 4.78 is 5.05. The molecular formula is C48H31N5. The minimum Gasteiger partial charge on any atom is -0.307 e. The van der Waals surface area contributed by atoms with Gasteiger partial charge in [0.1, 0.15) is 0 Å². The quantitative estimate of drug-likeness (QED) is 0.187. The van der Waals surface area contributed by atoms with Crippen molar-refractivity contribution >= 4 is 65.4 Å². The summed E-state index contributed by atoms with van der Waals surface area (Å²) >= 11 is 0. The zero-order chi connectivity index (χ0) is 35.0. The van der Waals surface area contributed by atoms with Gasteiger partial charge in [0.05, 0.1) is 33.1 Å². The van der Waals surface area contributed by atoms with Gasteiger partial charge in [0.2, 0.25) is 0 Å². The second-order valence-electron chi connectivity index (χ2n) is 14.8. The molecule has 0 saturated carbocycles.